The van der Waals surface area contributed by atoms with Crippen LogP contribution in [-0.4, -0.2) is 40.1 Å². The van der Waals surface area contributed by atoms with Gasteiger partial charge in [-0.1, -0.05) is 39.7 Å². The van der Waals surface area contributed by atoms with E-state index in [1.165, 1.54) is 24.3 Å². The lowest BCUT2D eigenvalue weighted by Gasteiger charge is -2.29. The summed E-state index contributed by atoms with van der Waals surface area (Å²) in [6.45, 7) is -0.430. The van der Waals surface area contributed by atoms with Crippen LogP contribution in [0.4, 0.5) is 0 Å². The van der Waals surface area contributed by atoms with Crippen LogP contribution in [0.15, 0.2) is 53.0 Å². The van der Waals surface area contributed by atoms with Gasteiger partial charge in [0.15, 0.2) is 5.78 Å². The summed E-state index contributed by atoms with van der Waals surface area (Å²) in [5.74, 6) is -2.03. The quantitative estimate of drug-likeness (QED) is 0.517. The molecule has 27 heavy (non-hydrogen) atoms. The van der Waals surface area contributed by atoms with E-state index >= 15 is 0 Å². The number of halogens is 2. The topological polar surface area (TPSA) is 74.8 Å². The summed E-state index contributed by atoms with van der Waals surface area (Å²) in [5, 5.41) is 2.12. The Morgan fingerprint density at radius 2 is 1.44 bits per heavy atom. The lowest BCUT2D eigenvalue weighted by Crippen LogP contribution is -2.51. The van der Waals surface area contributed by atoms with Crippen molar-refractivity contribution in [2.45, 2.75) is 12.8 Å². The molecule has 138 valence electrons. The molecule has 1 fully saturated rings. The van der Waals surface area contributed by atoms with Crippen molar-refractivity contribution >= 4 is 51.0 Å². The summed E-state index contributed by atoms with van der Waals surface area (Å²) in [6, 6.07) is 12.6. The first-order valence-corrected chi connectivity index (χ1v) is 9.26. The van der Waals surface area contributed by atoms with Gasteiger partial charge in [-0.15, -0.1) is 0 Å². The number of rotatable bonds is 5. The van der Waals surface area contributed by atoms with Crippen molar-refractivity contribution in [3.05, 3.63) is 69.2 Å². The highest BCUT2D eigenvalue weighted by Crippen LogP contribution is 2.20. The van der Waals surface area contributed by atoms with Crippen LogP contribution < -0.4 is 0 Å². The molecular formula is C19H14BrClN2O4. The summed E-state index contributed by atoms with van der Waals surface area (Å²) < 4.78 is 0.804. The van der Waals surface area contributed by atoms with Gasteiger partial charge in [0.2, 0.25) is 11.8 Å². The standard InChI is InChI=1S/C19H14BrClN2O4/c20-14-5-1-12(2-6-14)16(24)11-22(23-17(25)9-10-18(23)26)19(27)13-3-7-15(21)8-4-13/h1-8H,9-11H2. The smallest absolute Gasteiger partial charge is 0.273 e. The fourth-order valence-electron chi connectivity index (χ4n) is 2.67. The molecule has 0 unspecified atom stereocenters. The first-order chi connectivity index (χ1) is 12.9. The summed E-state index contributed by atoms with van der Waals surface area (Å²) in [5.41, 5.74) is 0.585. The third-order valence-corrected chi connectivity index (χ3v) is 4.83. The Morgan fingerprint density at radius 3 is 2.00 bits per heavy atom. The third kappa shape index (κ3) is 4.26. The van der Waals surface area contributed by atoms with Gasteiger partial charge in [0.25, 0.3) is 5.91 Å². The second-order valence-corrected chi connectivity index (χ2v) is 7.25. The van der Waals surface area contributed by atoms with Crippen molar-refractivity contribution in [1.29, 1.82) is 0 Å². The highest BCUT2D eigenvalue weighted by Gasteiger charge is 2.38. The highest BCUT2D eigenvalue weighted by atomic mass is 79.9. The normalized spacial score (nSPS) is 13.8. The molecule has 0 radical (unpaired) electrons. The summed E-state index contributed by atoms with van der Waals surface area (Å²) >= 11 is 9.14. The second kappa shape index (κ2) is 8.02. The Kier molecular flexibility index (Phi) is 5.72. The van der Waals surface area contributed by atoms with E-state index in [0.29, 0.717) is 10.6 Å². The summed E-state index contributed by atoms with van der Waals surface area (Å²) in [4.78, 5) is 49.9. The number of hydrazine groups is 1. The number of imide groups is 1. The first kappa shape index (κ1) is 19.3. The zero-order valence-electron chi connectivity index (χ0n) is 14.0. The molecule has 1 aliphatic heterocycles. The third-order valence-electron chi connectivity index (χ3n) is 4.05. The molecule has 1 aliphatic rings. The minimum atomic E-state index is -0.624. The monoisotopic (exact) mass is 448 g/mol. The van der Waals surface area contributed by atoms with Gasteiger partial charge in [-0.25, -0.2) is 5.01 Å². The summed E-state index contributed by atoms with van der Waals surface area (Å²) in [6.07, 6.45) is 0.0193. The summed E-state index contributed by atoms with van der Waals surface area (Å²) in [7, 11) is 0. The zero-order chi connectivity index (χ0) is 19.6. The van der Waals surface area contributed by atoms with Gasteiger partial charge in [0, 0.05) is 33.5 Å². The predicted molar refractivity (Wildman–Crippen MR) is 102 cm³/mol. The molecule has 0 aromatic heterocycles. The maximum atomic E-state index is 12.9. The van der Waals surface area contributed by atoms with Gasteiger partial charge < -0.3 is 0 Å². The van der Waals surface area contributed by atoms with Gasteiger partial charge in [0.05, 0.1) is 0 Å². The fourth-order valence-corrected chi connectivity index (χ4v) is 3.06. The molecule has 1 saturated heterocycles. The van der Waals surface area contributed by atoms with Crippen molar-refractivity contribution in [1.82, 2.24) is 10.0 Å². The molecule has 1 heterocycles. The Morgan fingerprint density at radius 1 is 0.926 bits per heavy atom. The molecule has 0 bridgehead atoms. The van der Waals surface area contributed by atoms with Crippen LogP contribution in [0.2, 0.25) is 5.02 Å². The first-order valence-electron chi connectivity index (χ1n) is 8.08. The number of hydrogen-bond acceptors (Lipinski definition) is 4. The molecule has 2 aromatic rings. The van der Waals surface area contributed by atoms with E-state index < -0.39 is 30.0 Å². The molecule has 6 nitrogen and oxygen atoms in total. The van der Waals surface area contributed by atoms with E-state index in [4.69, 9.17) is 11.6 Å². The number of carbonyl (C=O) groups is 4. The van der Waals surface area contributed by atoms with Crippen LogP contribution in [0.25, 0.3) is 0 Å². The number of benzene rings is 2. The molecule has 0 saturated carbocycles. The van der Waals surface area contributed by atoms with Crippen molar-refractivity contribution in [2.24, 2.45) is 0 Å². The number of hydrogen-bond donors (Lipinski definition) is 0. The van der Waals surface area contributed by atoms with Crippen molar-refractivity contribution in [2.75, 3.05) is 6.54 Å². The molecule has 0 aliphatic carbocycles. The highest BCUT2D eigenvalue weighted by molar-refractivity contribution is 9.10. The van der Waals surface area contributed by atoms with Crippen LogP contribution >= 0.6 is 27.5 Å². The molecule has 0 spiro atoms. The molecule has 3 amide bonds. The van der Waals surface area contributed by atoms with Crippen molar-refractivity contribution in [3.8, 4) is 0 Å². The molecule has 0 atom stereocenters. The van der Waals surface area contributed by atoms with Crippen LogP contribution in [0, 0.1) is 0 Å². The number of nitrogens with zero attached hydrogens (tertiary/aromatic N) is 2. The van der Waals surface area contributed by atoms with Gasteiger partial charge in [-0.2, -0.15) is 5.01 Å². The molecule has 8 heteroatoms. The zero-order valence-corrected chi connectivity index (χ0v) is 16.4. The van der Waals surface area contributed by atoms with E-state index in [1.807, 2.05) is 0 Å². The van der Waals surface area contributed by atoms with E-state index in [2.05, 4.69) is 15.9 Å². The van der Waals surface area contributed by atoms with Crippen LogP contribution in [-0.2, 0) is 9.59 Å². The van der Waals surface area contributed by atoms with Gasteiger partial charge in [-0.05, 0) is 36.4 Å². The number of amides is 3. The molecule has 2 aromatic carbocycles. The number of carbonyl (C=O) groups excluding carboxylic acids is 4. The average Bonchev–Trinajstić information content (AvgIpc) is 2.98. The van der Waals surface area contributed by atoms with Gasteiger partial charge in [0.1, 0.15) is 6.54 Å². The fraction of sp³-hybridized carbons (Fsp3) is 0.158. The number of ketones is 1. The number of Topliss-reactive ketones (excluding diaryl/α,β-unsaturated/α-hetero) is 1. The molecule has 3 rings (SSSR count). The second-order valence-electron chi connectivity index (χ2n) is 5.90. The maximum Gasteiger partial charge on any atom is 0.273 e. The Labute approximate surface area is 168 Å². The Balaban J connectivity index is 1.92. The SMILES string of the molecule is O=C(CN(C(=O)c1ccc(Cl)cc1)N1C(=O)CCC1=O)c1ccc(Br)cc1. The van der Waals surface area contributed by atoms with E-state index in [-0.39, 0.29) is 18.4 Å². The van der Waals surface area contributed by atoms with E-state index in [9.17, 15) is 19.2 Å². The van der Waals surface area contributed by atoms with E-state index in [1.54, 1.807) is 24.3 Å². The predicted octanol–water partition coefficient (Wildman–Crippen LogP) is 3.49. The van der Waals surface area contributed by atoms with Crippen LogP contribution in [0.3, 0.4) is 0 Å². The Hall–Kier alpha value is -2.51. The van der Waals surface area contributed by atoms with Crippen LogP contribution in [0.5, 0.6) is 0 Å². The lowest BCUT2D eigenvalue weighted by atomic mass is 10.1. The Bertz CT molecular complexity index is 896. The van der Waals surface area contributed by atoms with Crippen molar-refractivity contribution in [3.63, 3.8) is 0 Å². The minimum Gasteiger partial charge on any atom is -0.292 e. The molecular weight excluding hydrogens is 436 g/mol. The van der Waals surface area contributed by atoms with Gasteiger partial charge in [-0.3, -0.25) is 19.2 Å². The maximum absolute atomic E-state index is 12.9. The van der Waals surface area contributed by atoms with Crippen molar-refractivity contribution < 1.29 is 19.2 Å². The largest absolute Gasteiger partial charge is 0.292 e. The van der Waals surface area contributed by atoms with Gasteiger partial charge >= 0.3 is 0 Å². The lowest BCUT2D eigenvalue weighted by molar-refractivity contribution is -0.152. The minimum absolute atomic E-state index is 0.00963. The average molecular weight is 450 g/mol. The van der Waals surface area contributed by atoms with E-state index in [0.717, 1.165) is 14.5 Å². The molecule has 0 N–H and O–H groups in total. The van der Waals surface area contributed by atoms with Crippen LogP contribution in [0.1, 0.15) is 33.6 Å².